The lowest BCUT2D eigenvalue weighted by atomic mass is 10.0. The quantitative estimate of drug-likeness (QED) is 0.152. The fourth-order valence-electron chi connectivity index (χ4n) is 5.82. The van der Waals surface area contributed by atoms with E-state index in [4.69, 9.17) is 27.9 Å². The molecule has 11 heteroatoms. The Morgan fingerprint density at radius 3 is 2.10 bits per heavy atom. The van der Waals surface area contributed by atoms with Gasteiger partial charge < -0.3 is 15.0 Å². The first-order valence-electron chi connectivity index (χ1n) is 15.9. The van der Waals surface area contributed by atoms with E-state index in [-0.39, 0.29) is 30.6 Å². The van der Waals surface area contributed by atoms with E-state index >= 15 is 0 Å². The fraction of sp³-hybridized carbons (Fsp3) is 0.297. The number of hydrogen-bond donors (Lipinski definition) is 1. The van der Waals surface area contributed by atoms with E-state index in [0.29, 0.717) is 28.0 Å². The molecule has 252 valence electrons. The molecule has 1 fully saturated rings. The van der Waals surface area contributed by atoms with Gasteiger partial charge in [-0.15, -0.1) is 0 Å². The Kier molecular flexibility index (Phi) is 12.0. The topological polar surface area (TPSA) is 96.0 Å². The molecule has 1 unspecified atom stereocenters. The monoisotopic (exact) mass is 707 g/mol. The first kappa shape index (κ1) is 35.3. The SMILES string of the molecule is CS(=O)(=O)N(CC(=O)N(Cc1ccc(Cl)cc1Cl)C(Cc1ccccc1)C(=O)NC1CCCC1)c1ccc(OCc2ccccc2)cc1. The molecule has 1 N–H and O–H groups in total. The molecule has 0 aromatic heterocycles. The molecular weight excluding hydrogens is 669 g/mol. The number of amides is 2. The number of nitrogens with zero attached hydrogens (tertiary/aromatic N) is 2. The first-order valence-corrected chi connectivity index (χ1v) is 18.5. The van der Waals surface area contributed by atoms with Crippen LogP contribution in [-0.2, 0) is 39.2 Å². The van der Waals surface area contributed by atoms with Gasteiger partial charge in [-0.1, -0.05) is 103 Å². The molecule has 5 rings (SSSR count). The van der Waals surface area contributed by atoms with Crippen LogP contribution in [0.4, 0.5) is 5.69 Å². The molecule has 4 aromatic rings. The summed E-state index contributed by atoms with van der Waals surface area (Å²) in [5, 5.41) is 3.92. The molecule has 0 radical (unpaired) electrons. The van der Waals surface area contributed by atoms with Crippen molar-refractivity contribution in [1.82, 2.24) is 10.2 Å². The third-order valence-corrected chi connectivity index (χ3v) is 10.1. The summed E-state index contributed by atoms with van der Waals surface area (Å²) in [5.74, 6) is -0.304. The van der Waals surface area contributed by atoms with Crippen LogP contribution in [0, 0.1) is 0 Å². The number of carbonyl (C=O) groups excluding carboxylic acids is 2. The van der Waals surface area contributed by atoms with E-state index < -0.39 is 28.5 Å². The predicted octanol–water partition coefficient (Wildman–Crippen LogP) is 7.04. The molecule has 1 saturated carbocycles. The standard InChI is InChI=1S/C37H39Cl2N3O5S/c1-48(45,46)42(32-18-20-33(21-19-32)47-26-28-12-6-3-7-13-28)25-36(43)41(24-29-16-17-30(38)23-34(29)39)35(22-27-10-4-2-5-11-27)37(44)40-31-14-8-9-15-31/h2-7,10-13,16-21,23,31,35H,8-9,14-15,22,24-26H2,1H3,(H,40,44). The third-order valence-electron chi connectivity index (χ3n) is 8.38. The molecular formula is C37H39Cl2N3O5S. The smallest absolute Gasteiger partial charge is 0.244 e. The minimum absolute atomic E-state index is 0.0157. The molecule has 48 heavy (non-hydrogen) atoms. The summed E-state index contributed by atoms with van der Waals surface area (Å²) in [6.07, 6.45) is 5.06. The summed E-state index contributed by atoms with van der Waals surface area (Å²) in [7, 11) is -3.92. The Bertz CT molecular complexity index is 1790. The second-order valence-electron chi connectivity index (χ2n) is 12.0. The summed E-state index contributed by atoms with van der Waals surface area (Å²) in [5.41, 5.74) is 2.72. The lowest BCUT2D eigenvalue weighted by Gasteiger charge is -2.34. The summed E-state index contributed by atoms with van der Waals surface area (Å²) in [4.78, 5) is 29.9. The van der Waals surface area contributed by atoms with Crippen molar-refractivity contribution in [3.05, 3.63) is 130 Å². The fourth-order valence-corrected chi connectivity index (χ4v) is 7.14. The van der Waals surface area contributed by atoms with Crippen molar-refractivity contribution in [2.24, 2.45) is 0 Å². The van der Waals surface area contributed by atoms with E-state index in [1.165, 1.54) is 4.90 Å². The van der Waals surface area contributed by atoms with Crippen LogP contribution >= 0.6 is 23.2 Å². The summed E-state index contributed by atoms with van der Waals surface area (Å²) in [6.45, 7) is -0.215. The van der Waals surface area contributed by atoms with Crippen molar-refractivity contribution in [3.63, 3.8) is 0 Å². The van der Waals surface area contributed by atoms with Crippen LogP contribution in [0.2, 0.25) is 10.0 Å². The van der Waals surface area contributed by atoms with Crippen molar-refractivity contribution in [2.45, 2.75) is 57.3 Å². The van der Waals surface area contributed by atoms with Gasteiger partial charge in [-0.2, -0.15) is 0 Å². The Hall–Kier alpha value is -4.05. The van der Waals surface area contributed by atoms with Gasteiger partial charge in [-0.05, 0) is 65.9 Å². The van der Waals surface area contributed by atoms with Gasteiger partial charge in [0.25, 0.3) is 0 Å². The zero-order valence-electron chi connectivity index (χ0n) is 26.7. The maximum absolute atomic E-state index is 14.4. The number of benzene rings is 4. The van der Waals surface area contributed by atoms with Crippen molar-refractivity contribution < 1.29 is 22.7 Å². The molecule has 0 bridgehead atoms. The largest absolute Gasteiger partial charge is 0.489 e. The van der Waals surface area contributed by atoms with E-state index in [9.17, 15) is 18.0 Å². The summed E-state index contributed by atoms with van der Waals surface area (Å²) < 4.78 is 33.3. The van der Waals surface area contributed by atoms with Gasteiger partial charge in [0.05, 0.1) is 11.9 Å². The van der Waals surface area contributed by atoms with Crippen LogP contribution in [0.15, 0.2) is 103 Å². The minimum atomic E-state index is -3.92. The Labute approximate surface area is 292 Å². The van der Waals surface area contributed by atoms with Gasteiger partial charge >= 0.3 is 0 Å². The first-order chi connectivity index (χ1) is 23.1. The van der Waals surface area contributed by atoms with Gasteiger partial charge in [0.1, 0.15) is 24.9 Å². The third kappa shape index (κ3) is 9.75. The molecule has 0 aliphatic heterocycles. The van der Waals surface area contributed by atoms with Crippen molar-refractivity contribution >= 4 is 50.7 Å². The Morgan fingerprint density at radius 2 is 1.50 bits per heavy atom. The molecule has 0 heterocycles. The van der Waals surface area contributed by atoms with Crippen LogP contribution in [0.5, 0.6) is 5.75 Å². The zero-order chi connectivity index (χ0) is 34.1. The van der Waals surface area contributed by atoms with Crippen molar-refractivity contribution in [3.8, 4) is 5.75 Å². The number of nitrogens with one attached hydrogen (secondary N) is 1. The zero-order valence-corrected chi connectivity index (χ0v) is 29.1. The average Bonchev–Trinajstić information content (AvgIpc) is 3.59. The molecule has 8 nitrogen and oxygen atoms in total. The normalized spacial score (nSPS) is 13.9. The lowest BCUT2D eigenvalue weighted by molar-refractivity contribution is -0.140. The number of halogens is 2. The van der Waals surface area contributed by atoms with Gasteiger partial charge in [0.15, 0.2) is 0 Å². The number of carbonyl (C=O) groups is 2. The van der Waals surface area contributed by atoms with Gasteiger partial charge in [-0.25, -0.2) is 8.42 Å². The van der Waals surface area contributed by atoms with Crippen molar-refractivity contribution in [2.75, 3.05) is 17.1 Å². The maximum atomic E-state index is 14.4. The highest BCUT2D eigenvalue weighted by molar-refractivity contribution is 7.92. The summed E-state index contributed by atoms with van der Waals surface area (Å²) >= 11 is 12.7. The average molecular weight is 709 g/mol. The minimum Gasteiger partial charge on any atom is -0.489 e. The van der Waals surface area contributed by atoms with Crippen molar-refractivity contribution in [1.29, 1.82) is 0 Å². The molecule has 1 atom stereocenters. The van der Waals surface area contributed by atoms with Crippen LogP contribution in [0.3, 0.4) is 0 Å². The lowest BCUT2D eigenvalue weighted by Crippen LogP contribution is -2.54. The molecule has 4 aromatic carbocycles. The van der Waals surface area contributed by atoms with Crippen LogP contribution < -0.4 is 14.4 Å². The molecule has 0 spiro atoms. The molecule has 1 aliphatic rings. The summed E-state index contributed by atoms with van der Waals surface area (Å²) in [6, 6.07) is 29.7. The maximum Gasteiger partial charge on any atom is 0.244 e. The van der Waals surface area contributed by atoms with Crippen LogP contribution in [0.1, 0.15) is 42.4 Å². The predicted molar refractivity (Wildman–Crippen MR) is 191 cm³/mol. The van der Waals surface area contributed by atoms with E-state index in [2.05, 4.69) is 5.32 Å². The number of rotatable bonds is 14. The van der Waals surface area contributed by atoms with Crippen LogP contribution in [0.25, 0.3) is 0 Å². The highest BCUT2D eigenvalue weighted by Crippen LogP contribution is 2.27. The molecule has 1 aliphatic carbocycles. The van der Waals surface area contributed by atoms with E-state index in [1.807, 2.05) is 60.7 Å². The number of anilines is 1. The molecule has 0 saturated heterocycles. The molecule has 2 amide bonds. The second-order valence-corrected chi connectivity index (χ2v) is 14.7. The number of sulfonamides is 1. The van der Waals surface area contributed by atoms with Gasteiger partial charge in [-0.3, -0.25) is 13.9 Å². The highest BCUT2D eigenvalue weighted by Gasteiger charge is 2.34. The van der Waals surface area contributed by atoms with E-state index in [0.717, 1.165) is 47.4 Å². The number of ether oxygens (including phenoxy) is 1. The highest BCUT2D eigenvalue weighted by atomic mass is 35.5. The number of hydrogen-bond acceptors (Lipinski definition) is 5. The Balaban J connectivity index is 1.45. The van der Waals surface area contributed by atoms with E-state index in [1.54, 1.807) is 42.5 Å². The van der Waals surface area contributed by atoms with Gasteiger partial charge in [0.2, 0.25) is 21.8 Å². The van der Waals surface area contributed by atoms with Crippen LogP contribution in [-0.4, -0.2) is 50.0 Å². The second kappa shape index (κ2) is 16.4. The Morgan fingerprint density at radius 1 is 0.875 bits per heavy atom. The van der Waals surface area contributed by atoms with Gasteiger partial charge in [0, 0.05) is 29.1 Å².